The first-order chi connectivity index (χ1) is 14.5. The molecule has 2 saturated heterocycles. The molecule has 0 unspecified atom stereocenters. The summed E-state index contributed by atoms with van der Waals surface area (Å²) < 4.78 is 7.63. The number of aryl methyl sites for hydroxylation is 1. The van der Waals surface area contributed by atoms with E-state index < -0.39 is 0 Å². The first kappa shape index (κ1) is 20.8. The number of nitrogens with zero attached hydrogens (tertiary/aromatic N) is 3. The number of aromatic nitrogens is 2. The van der Waals surface area contributed by atoms with Crippen LogP contribution in [0.25, 0.3) is 11.7 Å². The average molecular weight is 443 g/mol. The van der Waals surface area contributed by atoms with Gasteiger partial charge in [0.2, 0.25) is 0 Å². The van der Waals surface area contributed by atoms with Crippen LogP contribution in [-0.4, -0.2) is 50.3 Å². The highest BCUT2D eigenvalue weighted by molar-refractivity contribution is 8.26. The Balaban J connectivity index is 1.78. The lowest BCUT2D eigenvalue weighted by Crippen LogP contribution is -2.28. The smallest absolute Gasteiger partial charge is 0.267 e. The monoisotopic (exact) mass is 442 g/mol. The molecule has 2 aliphatic heterocycles. The maximum atomic E-state index is 13.3. The van der Waals surface area contributed by atoms with Crippen LogP contribution < -0.4 is 10.9 Å². The van der Waals surface area contributed by atoms with E-state index in [0.717, 1.165) is 25.0 Å². The fourth-order valence-electron chi connectivity index (χ4n) is 3.51. The minimum absolute atomic E-state index is 0.0840. The van der Waals surface area contributed by atoms with E-state index in [2.05, 4.69) is 11.9 Å². The van der Waals surface area contributed by atoms with Crippen LogP contribution >= 0.6 is 24.0 Å². The number of nitrogens with one attached hydrogen (secondary N) is 1. The fraction of sp³-hybridized carbons (Fsp3) is 0.333. The summed E-state index contributed by atoms with van der Waals surface area (Å²) in [5, 5.41) is 3.27. The summed E-state index contributed by atoms with van der Waals surface area (Å²) >= 11 is 6.49. The lowest BCUT2D eigenvalue weighted by Gasteiger charge is -2.15. The molecule has 1 atom stereocenters. The fourth-order valence-corrected chi connectivity index (χ4v) is 4.77. The van der Waals surface area contributed by atoms with E-state index in [1.807, 2.05) is 13.0 Å². The SMILES string of the molecule is C=CCN1C(=O)/C(=C\c2c(NC[C@H]3CCCO3)nc3c(C)cccn3c2=O)SC1=S. The molecule has 1 N–H and O–H groups in total. The Labute approximate surface area is 183 Å². The summed E-state index contributed by atoms with van der Waals surface area (Å²) in [7, 11) is 0. The molecule has 0 radical (unpaired) electrons. The second-order valence-corrected chi connectivity index (χ2v) is 8.84. The Kier molecular flexibility index (Phi) is 6.03. The van der Waals surface area contributed by atoms with Crippen LogP contribution in [0.5, 0.6) is 0 Å². The van der Waals surface area contributed by atoms with Crippen molar-refractivity contribution in [1.29, 1.82) is 0 Å². The van der Waals surface area contributed by atoms with E-state index in [-0.39, 0.29) is 17.6 Å². The number of ether oxygens (including phenoxy) is 1. The van der Waals surface area contributed by atoms with Crippen molar-refractivity contribution in [3.05, 3.63) is 57.4 Å². The molecule has 4 rings (SSSR count). The highest BCUT2D eigenvalue weighted by Crippen LogP contribution is 2.33. The number of hydrogen-bond donors (Lipinski definition) is 1. The second-order valence-electron chi connectivity index (χ2n) is 7.16. The van der Waals surface area contributed by atoms with E-state index in [0.29, 0.717) is 39.3 Å². The van der Waals surface area contributed by atoms with Gasteiger partial charge in [-0.15, -0.1) is 6.58 Å². The topological polar surface area (TPSA) is 75.9 Å². The maximum Gasteiger partial charge on any atom is 0.267 e. The molecule has 4 heterocycles. The van der Waals surface area contributed by atoms with Crippen molar-refractivity contribution < 1.29 is 9.53 Å². The number of carbonyl (C=O) groups is 1. The number of carbonyl (C=O) groups excluding carboxylic acids is 1. The second kappa shape index (κ2) is 8.71. The number of anilines is 1. The molecule has 2 aromatic heterocycles. The standard InChI is InChI=1S/C21H22N4O3S2/c1-3-8-25-20(27)16(30-21(25)29)11-15-17(22-12-14-7-5-10-28-14)23-18-13(2)6-4-9-24(18)19(15)26/h3-4,6,9,11,14,22H,1,5,7-8,10,12H2,2H3/b16-11+/t14-/m1/s1. The molecule has 2 fully saturated rings. The Morgan fingerprint density at radius 3 is 3.03 bits per heavy atom. The first-order valence-corrected chi connectivity index (χ1v) is 11.0. The first-order valence-electron chi connectivity index (χ1n) is 9.73. The normalized spacial score (nSPS) is 20.5. The highest BCUT2D eigenvalue weighted by atomic mass is 32.2. The zero-order valence-corrected chi connectivity index (χ0v) is 18.2. The third-order valence-corrected chi connectivity index (χ3v) is 6.44. The zero-order chi connectivity index (χ0) is 21.3. The van der Waals surface area contributed by atoms with Gasteiger partial charge in [-0.25, -0.2) is 4.98 Å². The van der Waals surface area contributed by atoms with Gasteiger partial charge >= 0.3 is 0 Å². The van der Waals surface area contributed by atoms with Crippen LogP contribution in [0.2, 0.25) is 0 Å². The molecule has 0 aliphatic carbocycles. The summed E-state index contributed by atoms with van der Waals surface area (Å²) in [5.41, 5.74) is 1.55. The maximum absolute atomic E-state index is 13.3. The average Bonchev–Trinajstić information content (AvgIpc) is 3.34. The number of thiocarbonyl (C=S) groups is 1. The number of rotatable bonds is 6. The van der Waals surface area contributed by atoms with Crippen molar-refractivity contribution in [2.24, 2.45) is 0 Å². The van der Waals surface area contributed by atoms with E-state index >= 15 is 0 Å². The van der Waals surface area contributed by atoms with Crippen molar-refractivity contribution in [1.82, 2.24) is 14.3 Å². The Hall–Kier alpha value is -2.49. The van der Waals surface area contributed by atoms with Gasteiger partial charge in [-0.3, -0.25) is 18.9 Å². The van der Waals surface area contributed by atoms with Gasteiger partial charge < -0.3 is 10.1 Å². The molecule has 2 aromatic rings. The molecular formula is C21H22N4O3S2. The van der Waals surface area contributed by atoms with Gasteiger partial charge in [0.25, 0.3) is 11.5 Å². The van der Waals surface area contributed by atoms with Gasteiger partial charge in [0.05, 0.1) is 16.6 Å². The predicted molar refractivity (Wildman–Crippen MR) is 124 cm³/mol. The van der Waals surface area contributed by atoms with Crippen LogP contribution in [0.15, 0.2) is 40.7 Å². The summed E-state index contributed by atoms with van der Waals surface area (Å²) in [6.07, 6.45) is 6.97. The lowest BCUT2D eigenvalue weighted by atomic mass is 10.2. The van der Waals surface area contributed by atoms with Gasteiger partial charge in [-0.2, -0.15) is 0 Å². The van der Waals surface area contributed by atoms with Gasteiger partial charge in [-0.05, 0) is 37.5 Å². The number of hydrogen-bond acceptors (Lipinski definition) is 7. The zero-order valence-electron chi connectivity index (χ0n) is 16.6. The molecule has 0 bridgehead atoms. The minimum atomic E-state index is -0.243. The van der Waals surface area contributed by atoms with Gasteiger partial charge in [0.15, 0.2) is 0 Å². The van der Waals surface area contributed by atoms with Crippen molar-refractivity contribution in [2.75, 3.05) is 25.0 Å². The molecule has 156 valence electrons. The van der Waals surface area contributed by atoms with Crippen LogP contribution in [0.1, 0.15) is 24.0 Å². The third-order valence-electron chi connectivity index (χ3n) is 5.07. The molecule has 7 nitrogen and oxygen atoms in total. The molecule has 0 saturated carbocycles. The molecular weight excluding hydrogens is 420 g/mol. The van der Waals surface area contributed by atoms with Crippen molar-refractivity contribution in [3.8, 4) is 0 Å². The van der Waals surface area contributed by atoms with Crippen LogP contribution in [0, 0.1) is 6.92 Å². The van der Waals surface area contributed by atoms with E-state index in [1.54, 1.807) is 24.4 Å². The predicted octanol–water partition coefficient (Wildman–Crippen LogP) is 2.98. The summed E-state index contributed by atoms with van der Waals surface area (Å²) in [6, 6.07) is 3.71. The third kappa shape index (κ3) is 3.92. The Morgan fingerprint density at radius 2 is 2.30 bits per heavy atom. The number of amides is 1. The van der Waals surface area contributed by atoms with Crippen molar-refractivity contribution in [3.63, 3.8) is 0 Å². The number of thioether (sulfide) groups is 1. The van der Waals surface area contributed by atoms with Crippen LogP contribution in [0.3, 0.4) is 0 Å². The summed E-state index contributed by atoms with van der Waals surface area (Å²) in [5.74, 6) is 0.211. The van der Waals surface area contributed by atoms with Crippen molar-refractivity contribution >= 4 is 51.7 Å². The number of pyridine rings is 1. The molecule has 30 heavy (non-hydrogen) atoms. The Morgan fingerprint density at radius 1 is 1.47 bits per heavy atom. The van der Waals surface area contributed by atoms with Crippen LogP contribution in [0.4, 0.5) is 5.82 Å². The molecule has 0 spiro atoms. The van der Waals surface area contributed by atoms with Crippen molar-refractivity contribution in [2.45, 2.75) is 25.9 Å². The quantitative estimate of drug-likeness (QED) is 0.419. The summed E-state index contributed by atoms with van der Waals surface area (Å²) in [4.78, 5) is 32.6. The molecule has 1 amide bonds. The minimum Gasteiger partial charge on any atom is -0.376 e. The highest BCUT2D eigenvalue weighted by Gasteiger charge is 2.32. The number of fused-ring (bicyclic) bond motifs is 1. The largest absolute Gasteiger partial charge is 0.376 e. The lowest BCUT2D eigenvalue weighted by molar-refractivity contribution is -0.121. The molecule has 9 heteroatoms. The van der Waals surface area contributed by atoms with Gasteiger partial charge in [0, 0.05) is 25.9 Å². The molecule has 0 aromatic carbocycles. The van der Waals surface area contributed by atoms with Crippen LogP contribution in [-0.2, 0) is 9.53 Å². The molecule has 2 aliphatic rings. The Bertz CT molecular complexity index is 1120. The van der Waals surface area contributed by atoms with E-state index in [4.69, 9.17) is 21.9 Å². The summed E-state index contributed by atoms with van der Waals surface area (Å²) in [6.45, 7) is 7.21. The van der Waals surface area contributed by atoms with Gasteiger partial charge in [-0.1, -0.05) is 36.1 Å². The van der Waals surface area contributed by atoms with E-state index in [1.165, 1.54) is 21.1 Å². The van der Waals surface area contributed by atoms with Gasteiger partial charge in [0.1, 0.15) is 15.8 Å². The van der Waals surface area contributed by atoms with E-state index in [9.17, 15) is 9.59 Å².